The molecule has 0 aliphatic rings. The Morgan fingerprint density at radius 2 is 1.73 bits per heavy atom. The number of para-hydroxylation sites is 1. The van der Waals surface area contributed by atoms with Gasteiger partial charge in [-0.3, -0.25) is 0 Å². The van der Waals surface area contributed by atoms with Crippen molar-refractivity contribution in [3.63, 3.8) is 0 Å². The molecule has 0 radical (unpaired) electrons. The van der Waals surface area contributed by atoms with Gasteiger partial charge >= 0.3 is 0 Å². The molecule has 0 saturated carbocycles. The van der Waals surface area contributed by atoms with Crippen molar-refractivity contribution in [2.45, 2.75) is 13.8 Å². The quantitative estimate of drug-likeness (QED) is 0.688. The summed E-state index contributed by atoms with van der Waals surface area (Å²) in [7, 11) is 0. The fourth-order valence-electron chi connectivity index (χ4n) is 2.60. The summed E-state index contributed by atoms with van der Waals surface area (Å²) in [6, 6.07) is 14.4. The van der Waals surface area contributed by atoms with Crippen LogP contribution in [0.25, 0.3) is 28.7 Å². The number of hydrogen-bond acceptors (Lipinski definition) is 1. The van der Waals surface area contributed by atoms with Crippen molar-refractivity contribution in [2.24, 2.45) is 0 Å². The van der Waals surface area contributed by atoms with Gasteiger partial charge in [-0.1, -0.05) is 43.0 Å². The summed E-state index contributed by atoms with van der Waals surface area (Å²) in [5, 5.41) is 1.93. The van der Waals surface area contributed by atoms with E-state index in [0.29, 0.717) is 0 Å². The van der Waals surface area contributed by atoms with Crippen LogP contribution in [0, 0.1) is 5.82 Å². The molecule has 0 spiro atoms. The van der Waals surface area contributed by atoms with Gasteiger partial charge in [0.05, 0.1) is 0 Å². The minimum atomic E-state index is -0.227. The molecule has 0 bridgehead atoms. The number of halogens is 1. The topological polar surface area (TPSA) is 13.1 Å². The van der Waals surface area contributed by atoms with Gasteiger partial charge < -0.3 is 4.42 Å². The Morgan fingerprint density at radius 3 is 2.41 bits per heavy atom. The molecule has 0 atom stereocenters. The first kappa shape index (κ1) is 14.3. The van der Waals surface area contributed by atoms with Crippen LogP contribution in [0.1, 0.15) is 19.4 Å². The Hall–Kier alpha value is -2.61. The standard InChI is InChI=1S/C20H17FO/c1-13(16-8-10-17(21)11-9-16)12-14(2)20-15(3)18-6-4-5-7-19(18)22-20/h4-12H,3H2,1-2H3/b13-12+,20-14+. The lowest BCUT2D eigenvalue weighted by Crippen LogP contribution is -2.20. The number of hydrogen-bond donors (Lipinski definition) is 0. The van der Waals surface area contributed by atoms with Crippen molar-refractivity contribution in [1.29, 1.82) is 0 Å². The zero-order chi connectivity index (χ0) is 15.7. The molecular weight excluding hydrogens is 275 g/mol. The molecule has 0 N–H and O–H groups in total. The summed E-state index contributed by atoms with van der Waals surface area (Å²) in [6.45, 7) is 8.13. The second kappa shape index (κ2) is 5.64. The Kier molecular flexibility index (Phi) is 3.68. The van der Waals surface area contributed by atoms with Gasteiger partial charge in [-0.2, -0.15) is 0 Å². The third-order valence-electron chi connectivity index (χ3n) is 3.79. The van der Waals surface area contributed by atoms with Crippen molar-refractivity contribution in [3.05, 3.63) is 76.6 Å². The number of benzene rings is 2. The molecule has 22 heavy (non-hydrogen) atoms. The average Bonchev–Trinajstić information content (AvgIpc) is 2.85. The van der Waals surface area contributed by atoms with Crippen molar-refractivity contribution in [1.82, 2.24) is 0 Å². The zero-order valence-electron chi connectivity index (χ0n) is 12.7. The molecule has 2 heteroatoms. The largest absolute Gasteiger partial charge is 0.456 e. The van der Waals surface area contributed by atoms with Crippen LogP contribution in [0.2, 0.25) is 0 Å². The van der Waals surface area contributed by atoms with Crippen LogP contribution in [0.4, 0.5) is 4.39 Å². The summed E-state index contributed by atoms with van der Waals surface area (Å²) >= 11 is 0. The predicted molar refractivity (Wildman–Crippen MR) is 90.1 cm³/mol. The lowest BCUT2D eigenvalue weighted by atomic mass is 10.0. The maximum absolute atomic E-state index is 13.0. The average molecular weight is 292 g/mol. The summed E-state index contributed by atoms with van der Waals surface area (Å²) < 4.78 is 18.9. The highest BCUT2D eigenvalue weighted by atomic mass is 19.1. The third-order valence-corrected chi connectivity index (χ3v) is 3.79. The van der Waals surface area contributed by atoms with E-state index in [1.165, 1.54) is 12.1 Å². The molecule has 0 unspecified atom stereocenters. The molecule has 3 aromatic rings. The Bertz CT molecular complexity index is 959. The molecule has 0 amide bonds. The predicted octanol–water partition coefficient (Wildman–Crippen LogP) is 4.26. The normalized spacial score (nSPS) is 13.5. The monoisotopic (exact) mass is 292 g/mol. The van der Waals surface area contributed by atoms with Crippen LogP contribution >= 0.6 is 0 Å². The van der Waals surface area contributed by atoms with Crippen molar-refractivity contribution in [3.8, 4) is 0 Å². The molecule has 0 aliphatic carbocycles. The highest BCUT2D eigenvalue weighted by molar-refractivity contribution is 5.80. The van der Waals surface area contributed by atoms with E-state index in [-0.39, 0.29) is 5.82 Å². The molecule has 2 aromatic carbocycles. The van der Waals surface area contributed by atoms with E-state index >= 15 is 0 Å². The van der Waals surface area contributed by atoms with Crippen molar-refractivity contribution >= 4 is 28.7 Å². The van der Waals surface area contributed by atoms with Crippen LogP contribution < -0.4 is 10.6 Å². The van der Waals surface area contributed by atoms with Crippen LogP contribution in [0.15, 0.2) is 59.0 Å². The smallest absolute Gasteiger partial charge is 0.137 e. The third kappa shape index (κ3) is 2.60. The van der Waals surface area contributed by atoms with E-state index in [0.717, 1.165) is 38.3 Å². The van der Waals surface area contributed by atoms with E-state index in [4.69, 9.17) is 4.42 Å². The second-order valence-corrected chi connectivity index (χ2v) is 5.42. The second-order valence-electron chi connectivity index (χ2n) is 5.42. The number of allylic oxidation sites excluding steroid dienone is 2. The molecule has 110 valence electrons. The lowest BCUT2D eigenvalue weighted by molar-refractivity contribution is 0.573. The van der Waals surface area contributed by atoms with Crippen LogP contribution in [0.5, 0.6) is 0 Å². The molecular formula is C20H17FO. The zero-order valence-corrected chi connectivity index (χ0v) is 12.7. The van der Waals surface area contributed by atoms with E-state index in [1.54, 1.807) is 12.1 Å². The summed E-state index contributed by atoms with van der Waals surface area (Å²) in [6.07, 6.45) is 2.04. The number of rotatable bonds is 2. The van der Waals surface area contributed by atoms with Gasteiger partial charge in [0.1, 0.15) is 16.8 Å². The highest BCUT2D eigenvalue weighted by Gasteiger charge is 2.03. The van der Waals surface area contributed by atoms with E-state index in [9.17, 15) is 4.39 Å². The summed E-state index contributed by atoms with van der Waals surface area (Å²) in [5.74, 6) is -0.227. The van der Waals surface area contributed by atoms with Gasteiger partial charge in [0, 0.05) is 10.6 Å². The van der Waals surface area contributed by atoms with Gasteiger partial charge in [0.15, 0.2) is 0 Å². The maximum Gasteiger partial charge on any atom is 0.137 e. The fraction of sp³-hybridized carbons (Fsp3) is 0.100. The Balaban J connectivity index is 2.13. The van der Waals surface area contributed by atoms with Gasteiger partial charge in [-0.05, 0) is 48.8 Å². The summed E-state index contributed by atoms with van der Waals surface area (Å²) in [5.41, 5.74) is 4.68. The maximum atomic E-state index is 13.0. The minimum Gasteiger partial charge on any atom is -0.456 e. The molecule has 0 saturated heterocycles. The Labute approximate surface area is 128 Å². The van der Waals surface area contributed by atoms with E-state index < -0.39 is 0 Å². The molecule has 0 fully saturated rings. The first-order valence-electron chi connectivity index (χ1n) is 7.18. The minimum absolute atomic E-state index is 0.227. The van der Waals surface area contributed by atoms with E-state index in [2.05, 4.69) is 6.58 Å². The first-order valence-corrected chi connectivity index (χ1v) is 7.18. The number of furan rings is 1. The molecule has 3 rings (SSSR count). The van der Waals surface area contributed by atoms with E-state index in [1.807, 2.05) is 44.2 Å². The van der Waals surface area contributed by atoms with Gasteiger partial charge in [0.25, 0.3) is 0 Å². The van der Waals surface area contributed by atoms with Crippen LogP contribution in [-0.2, 0) is 0 Å². The molecule has 1 heterocycles. The Morgan fingerprint density at radius 1 is 1.05 bits per heavy atom. The van der Waals surface area contributed by atoms with Crippen LogP contribution in [0.3, 0.4) is 0 Å². The van der Waals surface area contributed by atoms with Crippen LogP contribution in [-0.4, -0.2) is 0 Å². The summed E-state index contributed by atoms with van der Waals surface area (Å²) in [4.78, 5) is 0. The molecule has 1 nitrogen and oxygen atoms in total. The van der Waals surface area contributed by atoms with Crippen molar-refractivity contribution in [2.75, 3.05) is 0 Å². The van der Waals surface area contributed by atoms with Gasteiger partial charge in [-0.25, -0.2) is 4.39 Å². The first-order chi connectivity index (χ1) is 10.6. The van der Waals surface area contributed by atoms with Crippen molar-refractivity contribution < 1.29 is 8.81 Å². The lowest BCUT2D eigenvalue weighted by Gasteiger charge is -2.01. The molecule has 1 aromatic heterocycles. The molecule has 0 aliphatic heterocycles. The fourth-order valence-corrected chi connectivity index (χ4v) is 2.60. The number of fused-ring (bicyclic) bond motifs is 1. The SMILES string of the molecule is C=c1/c(=C(C)\C=C(/C)c2ccc(F)cc2)oc2ccccc12. The van der Waals surface area contributed by atoms with Gasteiger partial charge in [-0.15, -0.1) is 0 Å². The highest BCUT2D eigenvalue weighted by Crippen LogP contribution is 2.16. The van der Waals surface area contributed by atoms with Gasteiger partial charge in [0.2, 0.25) is 0 Å².